The molecule has 0 bridgehead atoms. The normalized spacial score (nSPS) is 12.5. The van der Waals surface area contributed by atoms with E-state index in [4.69, 9.17) is 29.0 Å². The molecule has 0 spiro atoms. The van der Waals surface area contributed by atoms with Crippen LogP contribution in [-0.4, -0.2) is 4.98 Å². The SMILES string of the molecule is Cc1cc(C(NN)c2ccc(Cl)c(Cl)c2)cc(C)n1. The van der Waals surface area contributed by atoms with Gasteiger partial charge in [-0.15, -0.1) is 0 Å². The first kappa shape index (κ1) is 14.3. The molecular weight excluding hydrogens is 281 g/mol. The van der Waals surface area contributed by atoms with Gasteiger partial charge < -0.3 is 0 Å². The smallest absolute Gasteiger partial charge is 0.0711 e. The van der Waals surface area contributed by atoms with Gasteiger partial charge in [0, 0.05) is 11.4 Å². The molecule has 0 aliphatic carbocycles. The lowest BCUT2D eigenvalue weighted by Crippen LogP contribution is -2.29. The van der Waals surface area contributed by atoms with E-state index < -0.39 is 0 Å². The van der Waals surface area contributed by atoms with E-state index in [-0.39, 0.29) is 6.04 Å². The number of benzene rings is 1. The lowest BCUT2D eigenvalue weighted by Gasteiger charge is -2.18. The molecule has 0 aliphatic heterocycles. The molecule has 1 aromatic carbocycles. The first-order valence-electron chi connectivity index (χ1n) is 5.87. The Balaban J connectivity index is 2.46. The van der Waals surface area contributed by atoms with Crippen LogP contribution in [0.5, 0.6) is 0 Å². The lowest BCUT2D eigenvalue weighted by molar-refractivity contribution is 0.635. The van der Waals surface area contributed by atoms with Crippen molar-refractivity contribution in [3.8, 4) is 0 Å². The molecule has 0 amide bonds. The Kier molecular flexibility index (Phi) is 4.42. The molecule has 1 atom stereocenters. The topological polar surface area (TPSA) is 50.9 Å². The predicted molar refractivity (Wildman–Crippen MR) is 79.3 cm³/mol. The molecule has 5 heteroatoms. The molecule has 1 heterocycles. The zero-order valence-electron chi connectivity index (χ0n) is 10.7. The molecule has 0 saturated heterocycles. The number of hydrazine groups is 1. The number of rotatable bonds is 3. The van der Waals surface area contributed by atoms with Gasteiger partial charge in [0.15, 0.2) is 0 Å². The number of hydrogen-bond donors (Lipinski definition) is 2. The minimum absolute atomic E-state index is 0.143. The second kappa shape index (κ2) is 5.88. The van der Waals surface area contributed by atoms with Crippen molar-refractivity contribution in [1.29, 1.82) is 0 Å². The van der Waals surface area contributed by atoms with Crippen LogP contribution in [0.2, 0.25) is 10.0 Å². The Labute approximate surface area is 122 Å². The summed E-state index contributed by atoms with van der Waals surface area (Å²) in [6.45, 7) is 3.91. The van der Waals surface area contributed by atoms with Crippen molar-refractivity contribution in [3.05, 3.63) is 62.9 Å². The van der Waals surface area contributed by atoms with Crippen molar-refractivity contribution in [2.24, 2.45) is 5.84 Å². The third-order valence-electron chi connectivity index (χ3n) is 2.88. The highest BCUT2D eigenvalue weighted by atomic mass is 35.5. The monoisotopic (exact) mass is 295 g/mol. The van der Waals surface area contributed by atoms with Crippen LogP contribution in [0.3, 0.4) is 0 Å². The molecule has 3 nitrogen and oxygen atoms in total. The zero-order chi connectivity index (χ0) is 14.0. The zero-order valence-corrected chi connectivity index (χ0v) is 12.3. The number of hydrogen-bond acceptors (Lipinski definition) is 3. The van der Waals surface area contributed by atoms with E-state index in [2.05, 4.69) is 10.4 Å². The van der Waals surface area contributed by atoms with Gasteiger partial charge in [-0.3, -0.25) is 10.8 Å². The largest absolute Gasteiger partial charge is 0.271 e. The molecule has 2 aromatic rings. The average molecular weight is 296 g/mol. The Hall–Kier alpha value is -1.13. The fourth-order valence-electron chi connectivity index (χ4n) is 2.11. The summed E-state index contributed by atoms with van der Waals surface area (Å²) in [5.74, 6) is 5.68. The Bertz CT molecular complexity index is 579. The number of nitrogens with one attached hydrogen (secondary N) is 1. The minimum atomic E-state index is -0.143. The van der Waals surface area contributed by atoms with E-state index >= 15 is 0 Å². The summed E-state index contributed by atoms with van der Waals surface area (Å²) in [7, 11) is 0. The minimum Gasteiger partial charge on any atom is -0.271 e. The number of nitrogens with two attached hydrogens (primary N) is 1. The molecule has 0 fully saturated rings. The number of pyridine rings is 1. The van der Waals surface area contributed by atoms with Gasteiger partial charge >= 0.3 is 0 Å². The third-order valence-corrected chi connectivity index (χ3v) is 3.62. The number of aromatic nitrogens is 1. The van der Waals surface area contributed by atoms with Crippen LogP contribution in [0.4, 0.5) is 0 Å². The Morgan fingerprint density at radius 2 is 1.63 bits per heavy atom. The van der Waals surface area contributed by atoms with Crippen LogP contribution in [0, 0.1) is 13.8 Å². The van der Waals surface area contributed by atoms with Crippen molar-refractivity contribution in [2.45, 2.75) is 19.9 Å². The fraction of sp³-hybridized carbons (Fsp3) is 0.214. The van der Waals surface area contributed by atoms with Crippen LogP contribution in [0.1, 0.15) is 28.6 Å². The second-order valence-electron chi connectivity index (χ2n) is 4.46. The van der Waals surface area contributed by atoms with E-state index in [1.807, 2.05) is 38.1 Å². The molecule has 2 rings (SSSR count). The summed E-state index contributed by atoms with van der Waals surface area (Å²) in [5, 5.41) is 1.05. The van der Waals surface area contributed by atoms with Crippen LogP contribution in [0.15, 0.2) is 30.3 Å². The van der Waals surface area contributed by atoms with Gasteiger partial charge in [0.2, 0.25) is 0 Å². The van der Waals surface area contributed by atoms with Crippen molar-refractivity contribution in [1.82, 2.24) is 10.4 Å². The van der Waals surface area contributed by atoms with Gasteiger partial charge in [-0.1, -0.05) is 29.3 Å². The van der Waals surface area contributed by atoms with Crippen molar-refractivity contribution in [2.75, 3.05) is 0 Å². The molecule has 1 aromatic heterocycles. The van der Waals surface area contributed by atoms with Crippen molar-refractivity contribution in [3.63, 3.8) is 0 Å². The van der Waals surface area contributed by atoms with Gasteiger partial charge in [-0.05, 0) is 49.2 Å². The maximum atomic E-state index is 6.05. The van der Waals surface area contributed by atoms with Gasteiger partial charge in [0.1, 0.15) is 0 Å². The number of nitrogens with zero attached hydrogens (tertiary/aromatic N) is 1. The fourth-order valence-corrected chi connectivity index (χ4v) is 2.42. The quantitative estimate of drug-likeness (QED) is 0.672. The van der Waals surface area contributed by atoms with Crippen molar-refractivity contribution >= 4 is 23.2 Å². The summed E-state index contributed by atoms with van der Waals surface area (Å²) in [4.78, 5) is 4.36. The predicted octanol–water partition coefficient (Wildman–Crippen LogP) is 3.56. The van der Waals surface area contributed by atoms with E-state index in [1.165, 1.54) is 0 Å². The lowest BCUT2D eigenvalue weighted by atomic mass is 9.99. The summed E-state index contributed by atoms with van der Waals surface area (Å²) < 4.78 is 0. The second-order valence-corrected chi connectivity index (χ2v) is 5.27. The highest BCUT2D eigenvalue weighted by molar-refractivity contribution is 6.42. The molecule has 1 unspecified atom stereocenters. The maximum absolute atomic E-state index is 6.05. The highest BCUT2D eigenvalue weighted by Crippen LogP contribution is 2.28. The Morgan fingerprint density at radius 3 is 2.16 bits per heavy atom. The average Bonchev–Trinajstić information content (AvgIpc) is 2.33. The first-order valence-corrected chi connectivity index (χ1v) is 6.63. The summed E-state index contributed by atoms with van der Waals surface area (Å²) in [5.41, 5.74) is 6.72. The molecular formula is C14H15Cl2N3. The molecule has 0 saturated carbocycles. The highest BCUT2D eigenvalue weighted by Gasteiger charge is 2.14. The van der Waals surface area contributed by atoms with E-state index in [1.54, 1.807) is 6.07 Å². The van der Waals surface area contributed by atoms with E-state index in [0.29, 0.717) is 10.0 Å². The van der Waals surface area contributed by atoms with Gasteiger partial charge in [0.25, 0.3) is 0 Å². The van der Waals surface area contributed by atoms with Crippen molar-refractivity contribution < 1.29 is 0 Å². The molecule has 0 radical (unpaired) electrons. The Morgan fingerprint density at radius 1 is 1.00 bits per heavy atom. The van der Waals surface area contributed by atoms with Gasteiger partial charge in [-0.25, -0.2) is 5.43 Å². The van der Waals surface area contributed by atoms with Crippen LogP contribution in [-0.2, 0) is 0 Å². The first-order chi connectivity index (χ1) is 9.01. The number of halogens is 2. The maximum Gasteiger partial charge on any atom is 0.0711 e. The summed E-state index contributed by atoms with van der Waals surface area (Å²) in [6, 6.07) is 9.35. The van der Waals surface area contributed by atoms with Gasteiger partial charge in [0.05, 0.1) is 16.1 Å². The van der Waals surface area contributed by atoms with E-state index in [9.17, 15) is 0 Å². The van der Waals surface area contributed by atoms with Gasteiger partial charge in [-0.2, -0.15) is 0 Å². The van der Waals surface area contributed by atoms with Crippen LogP contribution < -0.4 is 11.3 Å². The summed E-state index contributed by atoms with van der Waals surface area (Å²) >= 11 is 12.0. The van der Waals surface area contributed by atoms with Crippen LogP contribution in [0.25, 0.3) is 0 Å². The standard InChI is InChI=1S/C14H15Cl2N3/c1-8-5-11(6-9(2)18-8)14(19-17)10-3-4-12(15)13(16)7-10/h3-7,14,19H,17H2,1-2H3. The van der Waals surface area contributed by atoms with Crippen LogP contribution >= 0.6 is 23.2 Å². The molecule has 100 valence electrons. The molecule has 3 N–H and O–H groups in total. The third kappa shape index (κ3) is 3.25. The molecule has 0 aliphatic rings. The summed E-state index contributed by atoms with van der Waals surface area (Å²) in [6.07, 6.45) is 0. The molecule has 19 heavy (non-hydrogen) atoms. The number of aryl methyl sites for hydroxylation is 2. The van der Waals surface area contributed by atoms with E-state index in [0.717, 1.165) is 22.5 Å².